The Morgan fingerprint density at radius 3 is 2.50 bits per heavy atom. The van der Waals surface area contributed by atoms with Crippen LogP contribution in [0.25, 0.3) is 0 Å². The van der Waals surface area contributed by atoms with Crippen LogP contribution in [0.5, 0.6) is 5.75 Å². The lowest BCUT2D eigenvalue weighted by Crippen LogP contribution is -2.08. The van der Waals surface area contributed by atoms with Crippen LogP contribution in [0.1, 0.15) is 39.0 Å². The van der Waals surface area contributed by atoms with E-state index in [9.17, 15) is 5.11 Å². The smallest absolute Gasteiger partial charge is 0.119 e. The highest BCUT2D eigenvalue weighted by molar-refractivity contribution is 5.20. The van der Waals surface area contributed by atoms with Crippen molar-refractivity contribution in [1.82, 2.24) is 0 Å². The Kier molecular flexibility index (Phi) is 6.66. The van der Waals surface area contributed by atoms with Gasteiger partial charge in [-0.2, -0.15) is 0 Å². The van der Waals surface area contributed by atoms with Gasteiger partial charge in [0.25, 0.3) is 0 Å². The third-order valence-electron chi connectivity index (χ3n) is 2.58. The monoisotopic (exact) mass is 222 g/mol. The lowest BCUT2D eigenvalue weighted by atomic mass is 10.1. The Bertz CT molecular complexity index is 259. The summed E-state index contributed by atoms with van der Waals surface area (Å²) in [5, 5.41) is 9.62. The molecule has 0 saturated heterocycles. The molecular formula is C14H22O2. The largest absolute Gasteiger partial charge is 0.494 e. The van der Waals surface area contributed by atoms with Gasteiger partial charge in [0.15, 0.2) is 0 Å². The highest BCUT2D eigenvalue weighted by Gasteiger charge is 2.02. The average Bonchev–Trinajstić information content (AvgIpc) is 2.33. The highest BCUT2D eigenvalue weighted by atomic mass is 16.5. The molecule has 0 spiro atoms. The first-order chi connectivity index (χ1) is 7.83. The van der Waals surface area contributed by atoms with Crippen LogP contribution in [0.15, 0.2) is 30.3 Å². The van der Waals surface area contributed by atoms with Crippen LogP contribution in [0.3, 0.4) is 0 Å². The quantitative estimate of drug-likeness (QED) is 0.683. The van der Waals surface area contributed by atoms with Crippen molar-refractivity contribution in [2.45, 2.75) is 45.1 Å². The Morgan fingerprint density at radius 2 is 1.81 bits per heavy atom. The van der Waals surface area contributed by atoms with Gasteiger partial charge in [0, 0.05) is 0 Å². The van der Waals surface area contributed by atoms with E-state index in [2.05, 4.69) is 6.92 Å². The fourth-order valence-corrected chi connectivity index (χ4v) is 1.61. The highest BCUT2D eigenvalue weighted by Crippen LogP contribution is 2.10. The van der Waals surface area contributed by atoms with E-state index in [4.69, 9.17) is 4.74 Å². The van der Waals surface area contributed by atoms with Gasteiger partial charge >= 0.3 is 0 Å². The van der Waals surface area contributed by atoms with Gasteiger partial charge in [0.2, 0.25) is 0 Å². The second-order valence-corrected chi connectivity index (χ2v) is 4.10. The van der Waals surface area contributed by atoms with Crippen LogP contribution in [0, 0.1) is 0 Å². The van der Waals surface area contributed by atoms with E-state index in [1.807, 2.05) is 30.3 Å². The van der Waals surface area contributed by atoms with Crippen molar-refractivity contribution >= 4 is 0 Å². The number of unbranched alkanes of at least 4 members (excludes halogenated alkanes) is 1. The van der Waals surface area contributed by atoms with Gasteiger partial charge in [-0.25, -0.2) is 0 Å². The van der Waals surface area contributed by atoms with E-state index >= 15 is 0 Å². The number of ether oxygens (including phenoxy) is 1. The van der Waals surface area contributed by atoms with Crippen molar-refractivity contribution in [1.29, 1.82) is 0 Å². The average molecular weight is 222 g/mol. The zero-order valence-electron chi connectivity index (χ0n) is 10.1. The minimum absolute atomic E-state index is 0.153. The summed E-state index contributed by atoms with van der Waals surface area (Å²) < 4.78 is 5.55. The second kappa shape index (κ2) is 8.17. The van der Waals surface area contributed by atoms with Gasteiger partial charge < -0.3 is 9.84 Å². The Morgan fingerprint density at radius 1 is 1.12 bits per heavy atom. The summed E-state index contributed by atoms with van der Waals surface area (Å²) >= 11 is 0. The Labute approximate surface area is 98.3 Å². The van der Waals surface area contributed by atoms with E-state index in [0.29, 0.717) is 6.61 Å². The molecule has 0 amide bonds. The molecule has 0 aliphatic rings. The molecule has 2 heteroatoms. The van der Waals surface area contributed by atoms with Crippen LogP contribution in [0.2, 0.25) is 0 Å². The molecule has 1 aromatic rings. The van der Waals surface area contributed by atoms with Gasteiger partial charge in [-0.1, -0.05) is 38.0 Å². The maximum atomic E-state index is 9.62. The van der Waals surface area contributed by atoms with E-state index < -0.39 is 0 Å². The van der Waals surface area contributed by atoms with Crippen LogP contribution in [-0.2, 0) is 0 Å². The van der Waals surface area contributed by atoms with Crippen LogP contribution >= 0.6 is 0 Å². The topological polar surface area (TPSA) is 29.5 Å². The number of rotatable bonds is 8. The number of benzene rings is 1. The van der Waals surface area contributed by atoms with Crippen molar-refractivity contribution in [3.63, 3.8) is 0 Å². The van der Waals surface area contributed by atoms with Gasteiger partial charge in [0.1, 0.15) is 5.75 Å². The van der Waals surface area contributed by atoms with Crippen LogP contribution < -0.4 is 4.74 Å². The number of hydrogen-bond donors (Lipinski definition) is 1. The maximum absolute atomic E-state index is 9.62. The number of aliphatic hydroxyl groups excluding tert-OH is 1. The van der Waals surface area contributed by atoms with Crippen molar-refractivity contribution < 1.29 is 9.84 Å². The summed E-state index contributed by atoms with van der Waals surface area (Å²) in [5.74, 6) is 0.908. The molecule has 0 unspecified atom stereocenters. The lowest BCUT2D eigenvalue weighted by molar-refractivity contribution is 0.141. The molecule has 1 rings (SSSR count). The summed E-state index contributed by atoms with van der Waals surface area (Å²) in [6, 6.07) is 9.80. The normalized spacial score (nSPS) is 12.4. The molecular weight excluding hydrogens is 200 g/mol. The lowest BCUT2D eigenvalue weighted by Gasteiger charge is -2.10. The predicted octanol–water partition coefficient (Wildman–Crippen LogP) is 3.40. The van der Waals surface area contributed by atoms with E-state index in [1.165, 1.54) is 0 Å². The van der Waals surface area contributed by atoms with Gasteiger partial charge in [-0.3, -0.25) is 0 Å². The summed E-state index contributed by atoms with van der Waals surface area (Å²) in [4.78, 5) is 0. The molecule has 1 atom stereocenters. The first kappa shape index (κ1) is 13.0. The molecule has 1 N–H and O–H groups in total. The van der Waals surface area contributed by atoms with E-state index in [-0.39, 0.29) is 6.10 Å². The number of para-hydroxylation sites is 1. The molecule has 0 aliphatic heterocycles. The van der Waals surface area contributed by atoms with Gasteiger partial charge in [-0.15, -0.1) is 0 Å². The zero-order valence-corrected chi connectivity index (χ0v) is 10.1. The van der Waals surface area contributed by atoms with E-state index in [1.54, 1.807) is 0 Å². The van der Waals surface area contributed by atoms with Crippen molar-refractivity contribution in [3.05, 3.63) is 30.3 Å². The SMILES string of the molecule is CCCC[C@@H](O)CCCOc1ccccc1. The first-order valence-electron chi connectivity index (χ1n) is 6.19. The minimum Gasteiger partial charge on any atom is -0.494 e. The molecule has 0 fully saturated rings. The van der Waals surface area contributed by atoms with Crippen LogP contribution in [0.4, 0.5) is 0 Å². The summed E-state index contributed by atoms with van der Waals surface area (Å²) in [6.07, 6.45) is 4.78. The van der Waals surface area contributed by atoms with Gasteiger partial charge in [-0.05, 0) is 31.4 Å². The standard InChI is InChI=1S/C14H22O2/c1-2-3-8-13(15)9-7-12-16-14-10-5-4-6-11-14/h4-6,10-11,13,15H,2-3,7-9,12H2,1H3/t13-/m1/s1. The third-order valence-corrected chi connectivity index (χ3v) is 2.58. The van der Waals surface area contributed by atoms with Crippen LogP contribution in [-0.4, -0.2) is 17.8 Å². The Hall–Kier alpha value is -1.02. The number of hydrogen-bond acceptors (Lipinski definition) is 2. The summed E-state index contributed by atoms with van der Waals surface area (Å²) in [6.45, 7) is 2.83. The van der Waals surface area contributed by atoms with E-state index in [0.717, 1.165) is 37.9 Å². The second-order valence-electron chi connectivity index (χ2n) is 4.10. The fraction of sp³-hybridized carbons (Fsp3) is 0.571. The number of aliphatic hydroxyl groups is 1. The van der Waals surface area contributed by atoms with Gasteiger partial charge in [0.05, 0.1) is 12.7 Å². The molecule has 1 aromatic carbocycles. The molecule has 0 bridgehead atoms. The molecule has 0 aromatic heterocycles. The fourth-order valence-electron chi connectivity index (χ4n) is 1.61. The Balaban J connectivity index is 2.03. The maximum Gasteiger partial charge on any atom is 0.119 e. The molecule has 0 aliphatic carbocycles. The molecule has 90 valence electrons. The summed E-state index contributed by atoms with van der Waals surface area (Å²) in [7, 11) is 0. The molecule has 0 heterocycles. The molecule has 0 saturated carbocycles. The molecule has 0 radical (unpaired) electrons. The van der Waals surface area contributed by atoms with Crippen molar-refractivity contribution in [2.75, 3.05) is 6.61 Å². The third kappa shape index (κ3) is 5.76. The zero-order chi connectivity index (χ0) is 11.6. The minimum atomic E-state index is -0.153. The summed E-state index contributed by atoms with van der Waals surface area (Å²) in [5.41, 5.74) is 0. The van der Waals surface area contributed by atoms with Crippen molar-refractivity contribution in [3.8, 4) is 5.75 Å². The first-order valence-corrected chi connectivity index (χ1v) is 6.19. The predicted molar refractivity (Wildman–Crippen MR) is 66.7 cm³/mol. The van der Waals surface area contributed by atoms with Crippen molar-refractivity contribution in [2.24, 2.45) is 0 Å². The molecule has 16 heavy (non-hydrogen) atoms. The molecule has 2 nitrogen and oxygen atoms in total.